The Morgan fingerprint density at radius 1 is 1.08 bits per heavy atom. The van der Waals surface area contributed by atoms with Gasteiger partial charge in [-0.2, -0.15) is 0 Å². The van der Waals surface area contributed by atoms with Gasteiger partial charge in [-0.3, -0.25) is 4.90 Å². The molecule has 0 unspecified atom stereocenters. The molecule has 1 heterocycles. The molecule has 1 aromatic heterocycles. The molecule has 0 spiro atoms. The van der Waals surface area contributed by atoms with Crippen molar-refractivity contribution in [3.63, 3.8) is 0 Å². The maximum atomic E-state index is 12.1. The van der Waals surface area contributed by atoms with Gasteiger partial charge < -0.3 is 19.1 Å². The third kappa shape index (κ3) is 5.54. The normalized spacial score (nSPS) is 10.9. The molecule has 0 aliphatic heterocycles. The minimum absolute atomic E-state index is 0.127. The van der Waals surface area contributed by atoms with Crippen molar-refractivity contribution in [2.45, 2.75) is 33.9 Å². The van der Waals surface area contributed by atoms with Crippen LogP contribution < -0.4 is 9.64 Å². The maximum Gasteiger partial charge on any atom is 0.413 e. The van der Waals surface area contributed by atoms with Gasteiger partial charge in [0.05, 0.1) is 29.7 Å². The van der Waals surface area contributed by atoms with E-state index in [-0.39, 0.29) is 12.2 Å². The van der Waals surface area contributed by atoms with Crippen LogP contribution in [0.5, 0.6) is 5.75 Å². The summed E-state index contributed by atoms with van der Waals surface area (Å²) in [5.74, 6) is 0.440. The second-order valence-electron chi connectivity index (χ2n) is 8.64. The van der Waals surface area contributed by atoms with E-state index in [1.54, 1.807) is 44.3 Å². The molecule has 8 nitrogen and oxygen atoms in total. The molecule has 0 radical (unpaired) electrons. The van der Waals surface area contributed by atoms with Crippen LogP contribution in [0, 0.1) is 13.8 Å². The van der Waals surface area contributed by atoms with E-state index in [0.717, 1.165) is 28.0 Å². The quantitative estimate of drug-likeness (QED) is 0.295. The van der Waals surface area contributed by atoms with Crippen molar-refractivity contribution in [3.05, 3.63) is 87.7 Å². The van der Waals surface area contributed by atoms with Crippen LogP contribution in [-0.4, -0.2) is 40.4 Å². The second-order valence-corrected chi connectivity index (χ2v) is 9.04. The zero-order valence-corrected chi connectivity index (χ0v) is 21.9. The first-order valence-electron chi connectivity index (χ1n) is 11.8. The van der Waals surface area contributed by atoms with Crippen molar-refractivity contribution in [3.8, 4) is 5.75 Å². The fourth-order valence-corrected chi connectivity index (χ4v) is 4.38. The molecule has 0 saturated heterocycles. The summed E-state index contributed by atoms with van der Waals surface area (Å²) in [6, 6.07) is 16.0. The molecule has 0 saturated carbocycles. The first-order valence-corrected chi connectivity index (χ1v) is 12.2. The predicted molar refractivity (Wildman–Crippen MR) is 143 cm³/mol. The Morgan fingerprint density at radius 3 is 2.54 bits per heavy atom. The van der Waals surface area contributed by atoms with Crippen LogP contribution in [0.4, 0.5) is 10.5 Å². The van der Waals surface area contributed by atoms with Gasteiger partial charge in [-0.15, -0.1) is 0 Å². The van der Waals surface area contributed by atoms with E-state index in [1.807, 2.05) is 38.1 Å². The lowest BCUT2D eigenvalue weighted by Crippen LogP contribution is -2.27. The molecule has 3 aromatic carbocycles. The summed E-state index contributed by atoms with van der Waals surface area (Å²) in [7, 11) is 1.63. The van der Waals surface area contributed by atoms with Gasteiger partial charge in [-0.05, 0) is 56.2 Å². The lowest BCUT2D eigenvalue weighted by molar-refractivity contribution is 0.0694. The van der Waals surface area contributed by atoms with Crippen LogP contribution in [-0.2, 0) is 17.9 Å². The highest BCUT2D eigenvalue weighted by Gasteiger charge is 2.17. The van der Waals surface area contributed by atoms with Gasteiger partial charge in [0.15, 0.2) is 0 Å². The van der Waals surface area contributed by atoms with E-state index in [2.05, 4.69) is 4.57 Å². The zero-order chi connectivity index (χ0) is 26.7. The highest BCUT2D eigenvalue weighted by atomic mass is 35.5. The Hall–Kier alpha value is -4.04. The van der Waals surface area contributed by atoms with E-state index in [4.69, 9.17) is 26.1 Å². The van der Waals surface area contributed by atoms with Gasteiger partial charge in [0.25, 0.3) is 0 Å². The van der Waals surface area contributed by atoms with Gasteiger partial charge in [0, 0.05) is 29.4 Å². The molecule has 0 bridgehead atoms. The molecule has 37 heavy (non-hydrogen) atoms. The minimum atomic E-state index is -0.990. The van der Waals surface area contributed by atoms with E-state index < -0.39 is 12.1 Å². The number of aromatic carboxylic acids is 1. The number of aryl methyl sites for hydroxylation is 2. The number of ether oxygens (including phenoxy) is 2. The standard InChI is InChI=1S/C28H28ClN3O5/c1-5-36-28(35)31(4)21-11-10-19(24(29)13-21)15-32-18(3)30-26-17(2)12-22(14-25(26)32)37-16-20-8-6-7-9-23(20)27(33)34/h6-14H,5,15-16H2,1-4H3,(H,33,34). The van der Waals surface area contributed by atoms with Crippen LogP contribution in [0.15, 0.2) is 54.6 Å². The third-order valence-electron chi connectivity index (χ3n) is 6.15. The lowest BCUT2D eigenvalue weighted by Gasteiger charge is -2.18. The topological polar surface area (TPSA) is 93.9 Å². The van der Waals surface area contributed by atoms with Crippen LogP contribution >= 0.6 is 11.6 Å². The van der Waals surface area contributed by atoms with Crippen molar-refractivity contribution in [1.29, 1.82) is 0 Å². The van der Waals surface area contributed by atoms with E-state index in [9.17, 15) is 14.7 Å². The first-order chi connectivity index (χ1) is 17.7. The third-order valence-corrected chi connectivity index (χ3v) is 6.50. The molecule has 4 aromatic rings. The smallest absolute Gasteiger partial charge is 0.413 e. The fraction of sp³-hybridized carbons (Fsp3) is 0.250. The molecule has 1 amide bonds. The molecule has 4 rings (SSSR count). The van der Waals surface area contributed by atoms with Crippen LogP contribution in [0.1, 0.15) is 39.8 Å². The van der Waals surface area contributed by atoms with Crippen LogP contribution in [0.3, 0.4) is 0 Å². The maximum absolute atomic E-state index is 12.1. The lowest BCUT2D eigenvalue weighted by atomic mass is 10.1. The van der Waals surface area contributed by atoms with Crippen LogP contribution in [0.25, 0.3) is 11.0 Å². The number of hydrogen-bond acceptors (Lipinski definition) is 5. The number of imidazole rings is 1. The van der Waals surface area contributed by atoms with Crippen molar-refractivity contribution in [2.75, 3.05) is 18.6 Å². The van der Waals surface area contributed by atoms with Crippen molar-refractivity contribution in [1.82, 2.24) is 9.55 Å². The Morgan fingerprint density at radius 2 is 1.84 bits per heavy atom. The number of fused-ring (bicyclic) bond motifs is 1. The number of carbonyl (C=O) groups excluding carboxylic acids is 1. The molecule has 1 N–H and O–H groups in total. The zero-order valence-electron chi connectivity index (χ0n) is 21.1. The number of carboxylic acid groups (broad SMARTS) is 1. The molecule has 9 heteroatoms. The second kappa shape index (κ2) is 10.9. The molecule has 0 fully saturated rings. The summed E-state index contributed by atoms with van der Waals surface area (Å²) in [6.07, 6.45) is -0.447. The molecule has 0 atom stereocenters. The molecular weight excluding hydrogens is 494 g/mol. The number of halogens is 1. The average Bonchev–Trinajstić information content (AvgIpc) is 3.19. The number of carbonyl (C=O) groups is 2. The van der Waals surface area contributed by atoms with E-state index >= 15 is 0 Å². The average molecular weight is 522 g/mol. The van der Waals surface area contributed by atoms with Gasteiger partial charge in [0.2, 0.25) is 0 Å². The van der Waals surface area contributed by atoms with E-state index in [1.165, 1.54) is 4.90 Å². The highest BCUT2D eigenvalue weighted by Crippen LogP contribution is 2.30. The van der Waals surface area contributed by atoms with Gasteiger partial charge in [-0.25, -0.2) is 14.6 Å². The minimum Gasteiger partial charge on any atom is -0.489 e. The molecule has 0 aliphatic carbocycles. The number of carboxylic acids is 1. The summed E-state index contributed by atoms with van der Waals surface area (Å²) in [5.41, 5.74) is 4.98. The first kappa shape index (κ1) is 26.0. The monoisotopic (exact) mass is 521 g/mol. The number of aromatic nitrogens is 2. The predicted octanol–water partition coefficient (Wildman–Crippen LogP) is 6.22. The van der Waals surface area contributed by atoms with Crippen molar-refractivity contribution >= 4 is 40.4 Å². The summed E-state index contributed by atoms with van der Waals surface area (Å²) >= 11 is 6.61. The Bertz CT molecular complexity index is 1480. The molecule has 0 aliphatic rings. The summed E-state index contributed by atoms with van der Waals surface area (Å²) < 4.78 is 13.1. The summed E-state index contributed by atoms with van der Waals surface area (Å²) in [5, 5.41) is 9.96. The molecular formula is C28H28ClN3O5. The number of nitrogens with zero attached hydrogens (tertiary/aromatic N) is 3. The van der Waals surface area contributed by atoms with Gasteiger partial charge in [0.1, 0.15) is 18.2 Å². The van der Waals surface area contributed by atoms with Crippen molar-refractivity contribution < 1.29 is 24.2 Å². The summed E-state index contributed by atoms with van der Waals surface area (Å²) in [6.45, 7) is 6.53. The Balaban J connectivity index is 1.61. The number of anilines is 1. The fourth-order valence-electron chi connectivity index (χ4n) is 4.14. The number of rotatable bonds is 8. The number of benzene rings is 3. The number of amides is 1. The van der Waals surface area contributed by atoms with E-state index in [0.29, 0.717) is 35.2 Å². The largest absolute Gasteiger partial charge is 0.489 e. The van der Waals surface area contributed by atoms with Gasteiger partial charge in [-0.1, -0.05) is 35.9 Å². The summed E-state index contributed by atoms with van der Waals surface area (Å²) in [4.78, 5) is 29.7. The van der Waals surface area contributed by atoms with Crippen LogP contribution in [0.2, 0.25) is 5.02 Å². The molecule has 192 valence electrons. The number of hydrogen-bond donors (Lipinski definition) is 1. The van der Waals surface area contributed by atoms with Crippen molar-refractivity contribution in [2.24, 2.45) is 0 Å². The Kier molecular flexibility index (Phi) is 7.69. The van der Waals surface area contributed by atoms with Gasteiger partial charge >= 0.3 is 12.1 Å². The SMILES string of the molecule is CCOC(=O)N(C)c1ccc(Cn2c(C)nc3c(C)cc(OCc4ccccc4C(=O)O)cc32)c(Cl)c1. The Labute approximate surface area is 220 Å². The highest BCUT2D eigenvalue weighted by molar-refractivity contribution is 6.31.